The standard InChI is InChI=1S/C24H36O4/c1-14(4-9-22(27)28)18-7-8-19-17-6-5-15-12-16(25)10-11-23(15,2)20(17)13-21(26)24(18,19)3/h13-19,25H,4-12H2,1-3H3,(H,27,28)/t14-,15-,16+,17+,18+,19-,23-,24+/m0/s1. The van der Waals surface area contributed by atoms with Crippen molar-refractivity contribution in [2.24, 2.45) is 40.4 Å². The molecule has 0 radical (unpaired) electrons. The zero-order valence-electron chi connectivity index (χ0n) is 17.6. The van der Waals surface area contributed by atoms with Crippen LogP contribution in [0.1, 0.15) is 78.6 Å². The quantitative estimate of drug-likeness (QED) is 0.738. The number of carboxylic acid groups (broad SMARTS) is 1. The maximum atomic E-state index is 13.5. The van der Waals surface area contributed by atoms with Crippen LogP contribution >= 0.6 is 0 Å². The van der Waals surface area contributed by atoms with Gasteiger partial charge in [-0.05, 0) is 92.4 Å². The Hall–Kier alpha value is -1.16. The van der Waals surface area contributed by atoms with E-state index in [0.717, 1.165) is 44.9 Å². The average molecular weight is 389 g/mol. The number of allylic oxidation sites excluding steroid dienone is 2. The third-order valence-corrected chi connectivity index (χ3v) is 9.47. The van der Waals surface area contributed by atoms with Gasteiger partial charge < -0.3 is 10.2 Å². The summed E-state index contributed by atoms with van der Waals surface area (Å²) in [5, 5.41) is 19.2. The monoisotopic (exact) mass is 388 g/mol. The van der Waals surface area contributed by atoms with E-state index in [4.69, 9.17) is 5.11 Å². The summed E-state index contributed by atoms with van der Waals surface area (Å²) in [6.07, 6.45) is 9.87. The van der Waals surface area contributed by atoms with Gasteiger partial charge in [-0.1, -0.05) is 26.3 Å². The fraction of sp³-hybridized carbons (Fsp3) is 0.833. The van der Waals surface area contributed by atoms with Crippen LogP contribution < -0.4 is 0 Å². The highest BCUT2D eigenvalue weighted by Gasteiger charge is 2.60. The molecule has 4 heteroatoms. The molecule has 8 atom stereocenters. The van der Waals surface area contributed by atoms with Crippen molar-refractivity contribution in [2.45, 2.75) is 84.7 Å². The van der Waals surface area contributed by atoms with Crippen LogP contribution in [-0.2, 0) is 9.59 Å². The van der Waals surface area contributed by atoms with Crippen molar-refractivity contribution in [3.05, 3.63) is 11.6 Å². The van der Waals surface area contributed by atoms with Gasteiger partial charge in [0.05, 0.1) is 6.10 Å². The highest BCUT2D eigenvalue weighted by atomic mass is 16.4. The van der Waals surface area contributed by atoms with Crippen LogP contribution in [0, 0.1) is 40.4 Å². The normalized spacial score (nSPS) is 46.2. The molecule has 4 rings (SSSR count). The summed E-state index contributed by atoms with van der Waals surface area (Å²) in [6, 6.07) is 0. The number of carbonyl (C=O) groups is 2. The van der Waals surface area contributed by atoms with Gasteiger partial charge in [0.1, 0.15) is 0 Å². The number of rotatable bonds is 4. The van der Waals surface area contributed by atoms with Gasteiger partial charge in [-0.3, -0.25) is 9.59 Å². The molecule has 0 aromatic carbocycles. The molecule has 0 bridgehead atoms. The molecule has 0 heterocycles. The topological polar surface area (TPSA) is 74.6 Å². The van der Waals surface area contributed by atoms with E-state index in [1.807, 2.05) is 6.08 Å². The Morgan fingerprint density at radius 1 is 1.21 bits per heavy atom. The number of aliphatic carboxylic acids is 1. The van der Waals surface area contributed by atoms with Gasteiger partial charge in [0.25, 0.3) is 0 Å². The molecule has 4 nitrogen and oxygen atoms in total. The molecule has 0 amide bonds. The maximum absolute atomic E-state index is 13.5. The smallest absolute Gasteiger partial charge is 0.303 e. The number of fused-ring (bicyclic) bond motifs is 5. The summed E-state index contributed by atoms with van der Waals surface area (Å²) < 4.78 is 0. The lowest BCUT2D eigenvalue weighted by Gasteiger charge is -2.56. The van der Waals surface area contributed by atoms with Crippen LogP contribution in [0.5, 0.6) is 0 Å². The number of ketones is 1. The molecular formula is C24H36O4. The van der Waals surface area contributed by atoms with Crippen LogP contribution in [0.15, 0.2) is 11.6 Å². The van der Waals surface area contributed by atoms with Gasteiger partial charge >= 0.3 is 5.97 Å². The lowest BCUT2D eigenvalue weighted by molar-refractivity contribution is -0.137. The fourth-order valence-corrected chi connectivity index (χ4v) is 7.79. The predicted molar refractivity (Wildman–Crippen MR) is 108 cm³/mol. The van der Waals surface area contributed by atoms with Gasteiger partial charge in [0.15, 0.2) is 5.78 Å². The molecular weight excluding hydrogens is 352 g/mol. The van der Waals surface area contributed by atoms with E-state index in [-0.39, 0.29) is 29.3 Å². The Balaban J connectivity index is 1.63. The molecule has 28 heavy (non-hydrogen) atoms. The van der Waals surface area contributed by atoms with Crippen molar-refractivity contribution in [2.75, 3.05) is 0 Å². The van der Waals surface area contributed by atoms with Crippen molar-refractivity contribution in [1.29, 1.82) is 0 Å². The largest absolute Gasteiger partial charge is 0.481 e. The van der Waals surface area contributed by atoms with Crippen molar-refractivity contribution >= 4 is 11.8 Å². The molecule has 0 aliphatic heterocycles. The number of carbonyl (C=O) groups excluding carboxylic acids is 1. The van der Waals surface area contributed by atoms with Crippen LogP contribution in [0.4, 0.5) is 0 Å². The zero-order valence-corrected chi connectivity index (χ0v) is 17.6. The third-order valence-electron chi connectivity index (χ3n) is 9.47. The van der Waals surface area contributed by atoms with E-state index in [1.165, 1.54) is 5.57 Å². The van der Waals surface area contributed by atoms with Crippen LogP contribution in [0.25, 0.3) is 0 Å². The first-order chi connectivity index (χ1) is 13.2. The minimum Gasteiger partial charge on any atom is -0.481 e. The summed E-state index contributed by atoms with van der Waals surface area (Å²) in [6.45, 7) is 6.68. The lowest BCUT2D eigenvalue weighted by Crippen LogP contribution is -2.52. The number of aliphatic hydroxyl groups is 1. The third kappa shape index (κ3) is 2.89. The first-order valence-corrected chi connectivity index (χ1v) is 11.3. The Morgan fingerprint density at radius 2 is 1.96 bits per heavy atom. The Labute approximate surface area is 168 Å². The van der Waals surface area contributed by atoms with Gasteiger partial charge in [-0.15, -0.1) is 0 Å². The number of aliphatic hydroxyl groups excluding tert-OH is 1. The minimum absolute atomic E-state index is 0.0755. The van der Waals surface area contributed by atoms with Crippen molar-refractivity contribution < 1.29 is 19.8 Å². The Morgan fingerprint density at radius 3 is 2.68 bits per heavy atom. The van der Waals surface area contributed by atoms with Gasteiger partial charge in [-0.2, -0.15) is 0 Å². The van der Waals surface area contributed by atoms with E-state index in [9.17, 15) is 14.7 Å². The molecule has 156 valence electrons. The van der Waals surface area contributed by atoms with E-state index in [1.54, 1.807) is 0 Å². The number of hydrogen-bond acceptors (Lipinski definition) is 3. The van der Waals surface area contributed by atoms with Crippen molar-refractivity contribution in [1.82, 2.24) is 0 Å². The fourth-order valence-electron chi connectivity index (χ4n) is 7.79. The molecule has 3 fully saturated rings. The molecule has 0 saturated heterocycles. The van der Waals surface area contributed by atoms with E-state index in [2.05, 4.69) is 20.8 Å². The second-order valence-electron chi connectivity index (χ2n) is 10.7. The van der Waals surface area contributed by atoms with Crippen molar-refractivity contribution in [3.8, 4) is 0 Å². The molecule has 0 aromatic rings. The summed E-state index contributed by atoms with van der Waals surface area (Å²) in [5.74, 6) is 1.51. The van der Waals surface area contributed by atoms with Gasteiger partial charge in [0.2, 0.25) is 0 Å². The van der Waals surface area contributed by atoms with Crippen LogP contribution in [-0.4, -0.2) is 28.1 Å². The van der Waals surface area contributed by atoms with Gasteiger partial charge in [-0.25, -0.2) is 0 Å². The summed E-state index contributed by atoms with van der Waals surface area (Å²) in [7, 11) is 0. The second-order valence-corrected chi connectivity index (χ2v) is 10.7. The van der Waals surface area contributed by atoms with E-state index < -0.39 is 5.97 Å². The highest BCUT2D eigenvalue weighted by Crippen LogP contribution is 2.65. The summed E-state index contributed by atoms with van der Waals surface area (Å²) in [5.41, 5.74) is 1.14. The number of hydrogen-bond donors (Lipinski definition) is 2. The highest BCUT2D eigenvalue weighted by molar-refractivity contribution is 5.97. The molecule has 2 N–H and O–H groups in total. The maximum Gasteiger partial charge on any atom is 0.303 e. The zero-order chi connectivity index (χ0) is 20.3. The Bertz CT molecular complexity index is 697. The second kappa shape index (κ2) is 6.97. The first-order valence-electron chi connectivity index (χ1n) is 11.3. The van der Waals surface area contributed by atoms with Gasteiger partial charge in [0, 0.05) is 11.8 Å². The predicted octanol–water partition coefficient (Wildman–Crippen LogP) is 4.61. The Kier molecular flexibility index (Phi) is 5.01. The molecule has 0 aromatic heterocycles. The van der Waals surface area contributed by atoms with Crippen LogP contribution in [0.2, 0.25) is 0 Å². The molecule has 4 aliphatic rings. The van der Waals surface area contributed by atoms with Crippen molar-refractivity contribution in [3.63, 3.8) is 0 Å². The average Bonchev–Trinajstić information content (AvgIpc) is 3.00. The summed E-state index contributed by atoms with van der Waals surface area (Å²) in [4.78, 5) is 24.6. The van der Waals surface area contributed by atoms with E-state index >= 15 is 0 Å². The molecule has 0 unspecified atom stereocenters. The SMILES string of the molecule is C[C@@H](CCC(=O)O)[C@H]1CC[C@H]2[C@H]3CC[C@H]4C[C@H](O)CC[C@]4(C)C3=CC(=O)[C@]12C. The lowest BCUT2D eigenvalue weighted by atomic mass is 9.48. The minimum atomic E-state index is -0.741. The molecule has 0 spiro atoms. The first kappa shape index (κ1) is 20.1. The number of carboxylic acids is 1. The molecule has 4 aliphatic carbocycles. The van der Waals surface area contributed by atoms with Crippen LogP contribution in [0.3, 0.4) is 0 Å². The summed E-state index contributed by atoms with van der Waals surface area (Å²) >= 11 is 0. The molecule has 3 saturated carbocycles. The van der Waals surface area contributed by atoms with E-state index in [0.29, 0.717) is 35.9 Å².